The van der Waals surface area contributed by atoms with Crippen LogP contribution < -0.4 is 5.32 Å². The topological polar surface area (TPSA) is 111 Å². The zero-order valence-corrected chi connectivity index (χ0v) is 20.2. The number of esters is 2. The van der Waals surface area contributed by atoms with Crippen LogP contribution in [-0.4, -0.2) is 55.4 Å². The van der Waals surface area contributed by atoms with Gasteiger partial charge in [-0.05, 0) is 31.9 Å². The van der Waals surface area contributed by atoms with Gasteiger partial charge < -0.3 is 15.0 Å². The van der Waals surface area contributed by atoms with Crippen LogP contribution in [0.2, 0.25) is 0 Å². The Bertz CT molecular complexity index is 899. The second kappa shape index (κ2) is 11.4. The number of hydrogen-bond acceptors (Lipinski definition) is 7. The second-order valence-corrected chi connectivity index (χ2v) is 8.24. The van der Waals surface area contributed by atoms with E-state index in [1.807, 2.05) is 20.5 Å². The van der Waals surface area contributed by atoms with Gasteiger partial charge in [0.1, 0.15) is 0 Å². The van der Waals surface area contributed by atoms with Crippen molar-refractivity contribution in [3.05, 3.63) is 32.7 Å². The van der Waals surface area contributed by atoms with Gasteiger partial charge >= 0.3 is 11.9 Å². The van der Waals surface area contributed by atoms with Crippen molar-refractivity contribution in [3.63, 3.8) is 0 Å². The fraction of sp³-hybridized carbons (Fsp3) is 0.500. The van der Waals surface area contributed by atoms with Gasteiger partial charge in [0.25, 0.3) is 0 Å². The van der Waals surface area contributed by atoms with Gasteiger partial charge in [-0.25, -0.2) is 0 Å². The van der Waals surface area contributed by atoms with E-state index in [0.717, 1.165) is 47.4 Å². The highest BCUT2D eigenvalue weighted by Crippen LogP contribution is 2.21. The monoisotopic (exact) mass is 546 g/mol. The number of ether oxygens (including phenoxy) is 1. The molecule has 0 spiro atoms. The predicted octanol–water partition coefficient (Wildman–Crippen LogP) is 1.85. The Morgan fingerprint density at radius 3 is 2.00 bits per heavy atom. The van der Waals surface area contributed by atoms with E-state index < -0.39 is 11.9 Å². The maximum Gasteiger partial charge on any atom is 0.310 e. The number of amides is 1. The van der Waals surface area contributed by atoms with Crippen molar-refractivity contribution in [2.24, 2.45) is 0 Å². The molecule has 0 atom stereocenters. The Hall–Kier alpha value is -2.05. The third kappa shape index (κ3) is 7.03. The van der Waals surface area contributed by atoms with Gasteiger partial charge in [0.2, 0.25) is 5.91 Å². The number of carbonyl (C=O) groups excluding carboxylic acids is 3. The average Bonchev–Trinajstić information content (AvgIpc) is 3.25. The number of hydrogen-bond donors (Lipinski definition) is 1. The third-order valence-corrected chi connectivity index (χ3v) is 5.57. The molecule has 0 aromatic carbocycles. The highest BCUT2D eigenvalue weighted by atomic mass is 79.9. The zero-order chi connectivity index (χ0) is 22.3. The fourth-order valence-electron chi connectivity index (χ4n) is 2.83. The lowest BCUT2D eigenvalue weighted by Gasteiger charge is -2.26. The summed E-state index contributed by atoms with van der Waals surface area (Å²) >= 11 is 6.84. The standard InChI is InChI=1S/C8H10BrN3O.C6H8BrN3.C4H6O3/c1-6(13)11-2-3-12-8(5-11)7(9)4-10-12;7-5-3-9-10-2-1-8-4-6(5)10;1-3(5)7-4(2)6/h4H,2-3,5H2,1H3;3,8H,1-2,4H2;1-2H3. The Kier molecular flexibility index (Phi) is 9.18. The van der Waals surface area contributed by atoms with Crippen molar-refractivity contribution in [2.75, 3.05) is 13.1 Å². The highest BCUT2D eigenvalue weighted by molar-refractivity contribution is 9.10. The number of nitrogens with one attached hydrogen (secondary N) is 1. The van der Waals surface area contributed by atoms with Gasteiger partial charge in [0.05, 0.1) is 52.4 Å². The van der Waals surface area contributed by atoms with Gasteiger partial charge in [0, 0.05) is 40.4 Å². The summed E-state index contributed by atoms with van der Waals surface area (Å²) in [4.78, 5) is 32.6. The molecule has 12 heteroatoms. The van der Waals surface area contributed by atoms with Crippen molar-refractivity contribution in [1.29, 1.82) is 0 Å². The average molecular weight is 548 g/mol. The molecule has 0 unspecified atom stereocenters. The number of carbonyl (C=O) groups is 3. The minimum absolute atomic E-state index is 0.124. The van der Waals surface area contributed by atoms with Crippen LogP contribution in [0.15, 0.2) is 21.3 Å². The van der Waals surface area contributed by atoms with E-state index in [4.69, 9.17) is 0 Å². The molecule has 0 fully saturated rings. The molecular formula is C18H24Br2N6O4. The summed E-state index contributed by atoms with van der Waals surface area (Å²) in [7, 11) is 0. The summed E-state index contributed by atoms with van der Waals surface area (Å²) in [5.74, 6) is -1.00. The molecule has 2 aliphatic rings. The maximum absolute atomic E-state index is 11.1. The van der Waals surface area contributed by atoms with Gasteiger partial charge in [0.15, 0.2) is 0 Å². The molecule has 2 aromatic heterocycles. The number of halogens is 2. The molecular weight excluding hydrogens is 524 g/mol. The number of rotatable bonds is 0. The van der Waals surface area contributed by atoms with Gasteiger partial charge in [-0.15, -0.1) is 0 Å². The molecule has 10 nitrogen and oxygen atoms in total. The summed E-state index contributed by atoms with van der Waals surface area (Å²) in [6, 6.07) is 0. The van der Waals surface area contributed by atoms with Crippen LogP contribution in [0.5, 0.6) is 0 Å². The molecule has 2 aliphatic heterocycles. The second-order valence-electron chi connectivity index (χ2n) is 6.53. The summed E-state index contributed by atoms with van der Waals surface area (Å²) in [5, 5.41) is 11.6. The van der Waals surface area contributed by atoms with E-state index in [0.29, 0.717) is 6.54 Å². The lowest BCUT2D eigenvalue weighted by Crippen LogP contribution is -2.37. The predicted molar refractivity (Wildman–Crippen MR) is 115 cm³/mol. The summed E-state index contributed by atoms with van der Waals surface area (Å²) in [5.41, 5.74) is 2.34. The van der Waals surface area contributed by atoms with Crippen LogP contribution in [0, 0.1) is 0 Å². The first-order valence-electron chi connectivity index (χ1n) is 9.24. The molecule has 0 saturated carbocycles. The molecule has 2 aromatic rings. The Labute approximate surface area is 191 Å². The van der Waals surface area contributed by atoms with Crippen LogP contribution in [-0.2, 0) is 45.3 Å². The van der Waals surface area contributed by atoms with E-state index in [1.165, 1.54) is 19.5 Å². The molecule has 0 saturated heterocycles. The van der Waals surface area contributed by atoms with Crippen molar-refractivity contribution >= 4 is 49.7 Å². The highest BCUT2D eigenvalue weighted by Gasteiger charge is 2.20. The summed E-state index contributed by atoms with van der Waals surface area (Å²) in [6.45, 7) is 9.12. The van der Waals surface area contributed by atoms with Gasteiger partial charge in [-0.1, -0.05) is 0 Å². The molecule has 0 radical (unpaired) electrons. The smallest absolute Gasteiger partial charge is 0.310 e. The summed E-state index contributed by atoms with van der Waals surface area (Å²) < 4.78 is 10.0. The first kappa shape index (κ1) is 24.2. The van der Waals surface area contributed by atoms with Gasteiger partial charge in [-0.2, -0.15) is 10.2 Å². The molecule has 1 amide bonds. The normalized spacial score (nSPS) is 14.2. The SMILES string of the molecule is Brc1cnn2c1CNCC2.CC(=O)N1CCn2ncc(Br)c2C1.CC(=O)OC(C)=O. The zero-order valence-electron chi connectivity index (χ0n) is 17.0. The van der Waals surface area contributed by atoms with Crippen LogP contribution in [0.25, 0.3) is 0 Å². The molecule has 0 bridgehead atoms. The van der Waals surface area contributed by atoms with E-state index in [1.54, 1.807) is 13.1 Å². The molecule has 164 valence electrons. The maximum atomic E-state index is 11.1. The van der Waals surface area contributed by atoms with Crippen LogP contribution in [0.4, 0.5) is 0 Å². The molecule has 4 heterocycles. The molecule has 0 aliphatic carbocycles. The largest absolute Gasteiger partial charge is 0.394 e. The third-order valence-electron chi connectivity index (χ3n) is 4.24. The first-order valence-corrected chi connectivity index (χ1v) is 10.8. The number of fused-ring (bicyclic) bond motifs is 2. The van der Waals surface area contributed by atoms with Crippen LogP contribution in [0.3, 0.4) is 0 Å². The van der Waals surface area contributed by atoms with E-state index in [9.17, 15) is 14.4 Å². The van der Waals surface area contributed by atoms with Crippen molar-refractivity contribution in [3.8, 4) is 0 Å². The Morgan fingerprint density at radius 2 is 1.50 bits per heavy atom. The Balaban J connectivity index is 0.000000169. The minimum atomic E-state index is -0.562. The van der Waals surface area contributed by atoms with E-state index >= 15 is 0 Å². The lowest BCUT2D eigenvalue weighted by atomic mass is 10.3. The van der Waals surface area contributed by atoms with Crippen LogP contribution >= 0.6 is 31.9 Å². The number of nitrogens with zero attached hydrogens (tertiary/aromatic N) is 5. The van der Waals surface area contributed by atoms with E-state index in [2.05, 4.69) is 52.1 Å². The molecule has 4 rings (SSSR count). The molecule has 30 heavy (non-hydrogen) atoms. The van der Waals surface area contributed by atoms with Crippen molar-refractivity contribution in [1.82, 2.24) is 29.8 Å². The first-order chi connectivity index (χ1) is 14.2. The van der Waals surface area contributed by atoms with Crippen molar-refractivity contribution in [2.45, 2.75) is 47.0 Å². The van der Waals surface area contributed by atoms with Crippen molar-refractivity contribution < 1.29 is 19.1 Å². The van der Waals surface area contributed by atoms with E-state index in [-0.39, 0.29) is 5.91 Å². The molecule has 1 N–H and O–H groups in total. The van der Waals surface area contributed by atoms with Gasteiger partial charge in [-0.3, -0.25) is 23.7 Å². The number of aromatic nitrogens is 4. The lowest BCUT2D eigenvalue weighted by molar-refractivity contribution is -0.156. The minimum Gasteiger partial charge on any atom is -0.394 e. The summed E-state index contributed by atoms with van der Waals surface area (Å²) in [6.07, 6.45) is 3.63. The fourth-order valence-corrected chi connectivity index (χ4v) is 3.69. The Morgan fingerprint density at radius 1 is 0.933 bits per heavy atom. The quantitative estimate of drug-likeness (QED) is 0.395. The van der Waals surface area contributed by atoms with Crippen LogP contribution in [0.1, 0.15) is 32.2 Å².